The summed E-state index contributed by atoms with van der Waals surface area (Å²) in [7, 11) is 1.61. The van der Waals surface area contributed by atoms with Gasteiger partial charge in [-0.3, -0.25) is 14.5 Å². The van der Waals surface area contributed by atoms with Gasteiger partial charge in [0.05, 0.1) is 5.41 Å². The fourth-order valence-corrected chi connectivity index (χ4v) is 2.98. The molecule has 2 aliphatic heterocycles. The average molecular weight is 224 g/mol. The van der Waals surface area contributed by atoms with Crippen LogP contribution in [-0.2, 0) is 9.59 Å². The van der Waals surface area contributed by atoms with Crippen molar-refractivity contribution in [3.05, 3.63) is 0 Å². The number of carbonyl (C=O) groups is 2. The van der Waals surface area contributed by atoms with Crippen molar-refractivity contribution in [3.8, 4) is 0 Å². The second kappa shape index (κ2) is 4.17. The number of nitrogens with one attached hydrogen (secondary N) is 1. The Kier molecular flexibility index (Phi) is 3.02. The molecule has 2 heterocycles. The minimum atomic E-state index is -0.315. The molecule has 0 aliphatic carbocycles. The molecule has 2 fully saturated rings. The predicted octanol–water partition coefficient (Wildman–Crippen LogP) is 0.771. The molecule has 0 aromatic heterocycles. The van der Waals surface area contributed by atoms with Crippen LogP contribution < -0.4 is 5.32 Å². The van der Waals surface area contributed by atoms with E-state index in [1.54, 1.807) is 7.05 Å². The average Bonchev–Trinajstić information content (AvgIpc) is 2.33. The van der Waals surface area contributed by atoms with Gasteiger partial charge in [-0.15, -0.1) is 0 Å². The number of amides is 2. The summed E-state index contributed by atoms with van der Waals surface area (Å²) in [4.78, 5) is 25.0. The first kappa shape index (κ1) is 11.6. The topological polar surface area (TPSA) is 49.4 Å². The molecule has 0 aromatic rings. The maximum atomic E-state index is 12.2. The Morgan fingerprint density at radius 1 is 1.31 bits per heavy atom. The van der Waals surface area contributed by atoms with Crippen LogP contribution in [0.5, 0.6) is 0 Å². The molecule has 4 nitrogen and oxygen atoms in total. The van der Waals surface area contributed by atoms with Gasteiger partial charge in [0.1, 0.15) is 0 Å². The molecular weight excluding hydrogens is 204 g/mol. The zero-order valence-corrected chi connectivity index (χ0v) is 10.1. The van der Waals surface area contributed by atoms with Gasteiger partial charge >= 0.3 is 0 Å². The van der Waals surface area contributed by atoms with Crippen LogP contribution in [0.4, 0.5) is 0 Å². The monoisotopic (exact) mass is 224 g/mol. The van der Waals surface area contributed by atoms with E-state index in [9.17, 15) is 9.59 Å². The molecule has 2 aliphatic rings. The molecule has 0 bridgehead atoms. The van der Waals surface area contributed by atoms with E-state index in [1.807, 2.05) is 6.92 Å². The predicted molar refractivity (Wildman–Crippen MR) is 60.7 cm³/mol. The highest BCUT2D eigenvalue weighted by molar-refractivity contribution is 6.00. The van der Waals surface area contributed by atoms with Crippen LogP contribution in [0, 0.1) is 11.3 Å². The second-order valence-corrected chi connectivity index (χ2v) is 5.20. The molecule has 2 amide bonds. The molecular formula is C12H20N2O2. The van der Waals surface area contributed by atoms with Crippen LogP contribution in [0.3, 0.4) is 0 Å². The second-order valence-electron chi connectivity index (χ2n) is 5.20. The Balaban J connectivity index is 2.16. The van der Waals surface area contributed by atoms with E-state index < -0.39 is 0 Å². The van der Waals surface area contributed by atoms with Crippen LogP contribution in [0.15, 0.2) is 0 Å². The largest absolute Gasteiger partial charge is 0.317 e. The Morgan fingerprint density at radius 3 is 2.56 bits per heavy atom. The molecule has 0 radical (unpaired) electrons. The van der Waals surface area contributed by atoms with Crippen molar-refractivity contribution in [2.45, 2.75) is 32.6 Å². The third-order valence-electron chi connectivity index (χ3n) is 4.27. The standard InChI is InChI=1S/C12H20N2O2/c1-12(9-4-7-13-8-5-9)6-3-10(15)14(2)11(12)16/h9,13H,3-8H2,1-2H3. The third-order valence-corrected chi connectivity index (χ3v) is 4.27. The lowest BCUT2D eigenvalue weighted by molar-refractivity contribution is -0.158. The van der Waals surface area contributed by atoms with E-state index in [0.29, 0.717) is 12.3 Å². The smallest absolute Gasteiger partial charge is 0.235 e. The molecule has 0 spiro atoms. The summed E-state index contributed by atoms with van der Waals surface area (Å²) >= 11 is 0. The van der Waals surface area contributed by atoms with Crippen molar-refractivity contribution in [2.24, 2.45) is 11.3 Å². The Bertz CT molecular complexity index is 310. The normalized spacial score (nSPS) is 33.2. The molecule has 2 rings (SSSR count). The number of hydrogen-bond donors (Lipinski definition) is 1. The highest BCUT2D eigenvalue weighted by Crippen LogP contribution is 2.42. The van der Waals surface area contributed by atoms with Gasteiger partial charge in [0.15, 0.2) is 0 Å². The summed E-state index contributed by atoms with van der Waals surface area (Å²) in [6.45, 7) is 4.02. The van der Waals surface area contributed by atoms with Crippen LogP contribution in [-0.4, -0.2) is 36.9 Å². The molecule has 0 aromatic carbocycles. The molecule has 1 N–H and O–H groups in total. The lowest BCUT2D eigenvalue weighted by Gasteiger charge is -2.43. The van der Waals surface area contributed by atoms with E-state index >= 15 is 0 Å². The first-order chi connectivity index (χ1) is 7.55. The number of piperidine rings is 2. The molecule has 90 valence electrons. The zero-order valence-electron chi connectivity index (χ0n) is 10.1. The summed E-state index contributed by atoms with van der Waals surface area (Å²) < 4.78 is 0. The van der Waals surface area contributed by atoms with Crippen LogP contribution in [0.2, 0.25) is 0 Å². The van der Waals surface area contributed by atoms with E-state index in [0.717, 1.165) is 32.4 Å². The van der Waals surface area contributed by atoms with Crippen molar-refractivity contribution >= 4 is 11.8 Å². The highest BCUT2D eigenvalue weighted by atomic mass is 16.2. The van der Waals surface area contributed by atoms with Crippen molar-refractivity contribution in [1.29, 1.82) is 0 Å². The van der Waals surface area contributed by atoms with E-state index in [1.165, 1.54) is 4.90 Å². The van der Waals surface area contributed by atoms with Gasteiger partial charge in [0, 0.05) is 13.5 Å². The van der Waals surface area contributed by atoms with Crippen LogP contribution in [0.1, 0.15) is 32.6 Å². The maximum Gasteiger partial charge on any atom is 0.235 e. The summed E-state index contributed by atoms with van der Waals surface area (Å²) in [5.74, 6) is 0.420. The number of likely N-dealkylation sites (tertiary alicyclic amines) is 1. The van der Waals surface area contributed by atoms with E-state index in [2.05, 4.69) is 5.32 Å². The van der Waals surface area contributed by atoms with Gasteiger partial charge in [0.25, 0.3) is 0 Å². The van der Waals surface area contributed by atoms with Gasteiger partial charge < -0.3 is 5.32 Å². The molecule has 2 saturated heterocycles. The number of imide groups is 1. The summed E-state index contributed by atoms with van der Waals surface area (Å²) in [5.41, 5.74) is -0.315. The van der Waals surface area contributed by atoms with Crippen LogP contribution >= 0.6 is 0 Å². The summed E-state index contributed by atoms with van der Waals surface area (Å²) in [5, 5.41) is 3.31. The van der Waals surface area contributed by atoms with E-state index in [-0.39, 0.29) is 17.2 Å². The third kappa shape index (κ3) is 1.75. The van der Waals surface area contributed by atoms with Crippen molar-refractivity contribution in [1.82, 2.24) is 10.2 Å². The SMILES string of the molecule is CN1C(=O)CCC(C)(C2CCNCC2)C1=O. The fourth-order valence-electron chi connectivity index (χ4n) is 2.98. The molecule has 4 heteroatoms. The summed E-state index contributed by atoms with van der Waals surface area (Å²) in [6, 6.07) is 0. The lowest BCUT2D eigenvalue weighted by Crippen LogP contribution is -2.53. The number of nitrogens with zero attached hydrogens (tertiary/aromatic N) is 1. The quantitative estimate of drug-likeness (QED) is 0.669. The van der Waals surface area contributed by atoms with Gasteiger partial charge in [-0.1, -0.05) is 6.92 Å². The van der Waals surface area contributed by atoms with Crippen molar-refractivity contribution in [2.75, 3.05) is 20.1 Å². The number of rotatable bonds is 1. The van der Waals surface area contributed by atoms with Crippen molar-refractivity contribution in [3.63, 3.8) is 0 Å². The Morgan fingerprint density at radius 2 is 1.94 bits per heavy atom. The first-order valence-electron chi connectivity index (χ1n) is 6.07. The zero-order chi connectivity index (χ0) is 11.8. The lowest BCUT2D eigenvalue weighted by atomic mass is 9.67. The fraction of sp³-hybridized carbons (Fsp3) is 0.833. The highest BCUT2D eigenvalue weighted by Gasteiger charge is 2.47. The molecule has 1 unspecified atom stereocenters. The Hall–Kier alpha value is -0.900. The minimum absolute atomic E-state index is 0.0238. The number of carbonyl (C=O) groups excluding carboxylic acids is 2. The number of hydrogen-bond acceptors (Lipinski definition) is 3. The summed E-state index contributed by atoms with van der Waals surface area (Å²) in [6.07, 6.45) is 3.33. The van der Waals surface area contributed by atoms with Gasteiger partial charge in [0.2, 0.25) is 11.8 Å². The van der Waals surface area contributed by atoms with E-state index in [4.69, 9.17) is 0 Å². The minimum Gasteiger partial charge on any atom is -0.317 e. The van der Waals surface area contributed by atoms with Gasteiger partial charge in [-0.05, 0) is 38.3 Å². The van der Waals surface area contributed by atoms with Crippen molar-refractivity contribution < 1.29 is 9.59 Å². The van der Waals surface area contributed by atoms with Gasteiger partial charge in [-0.2, -0.15) is 0 Å². The first-order valence-corrected chi connectivity index (χ1v) is 6.07. The van der Waals surface area contributed by atoms with Gasteiger partial charge in [-0.25, -0.2) is 0 Å². The molecule has 1 atom stereocenters. The Labute approximate surface area is 96.4 Å². The molecule has 0 saturated carbocycles. The molecule has 16 heavy (non-hydrogen) atoms. The maximum absolute atomic E-state index is 12.2. The van der Waals surface area contributed by atoms with Crippen LogP contribution in [0.25, 0.3) is 0 Å².